The topological polar surface area (TPSA) is 73.2 Å². The third-order valence-electron chi connectivity index (χ3n) is 2.82. The molecule has 1 amide bonds. The molecule has 100 valence electrons. The van der Waals surface area contributed by atoms with Crippen molar-refractivity contribution in [2.24, 2.45) is 7.05 Å². The number of methoxy groups -OCH3 is 1. The average Bonchev–Trinajstić information content (AvgIpc) is 2.76. The highest BCUT2D eigenvalue weighted by molar-refractivity contribution is 6.04. The van der Waals surface area contributed by atoms with Crippen LogP contribution in [0.4, 0.5) is 0 Å². The number of nitrogens with one attached hydrogen (secondary N) is 1. The van der Waals surface area contributed by atoms with Crippen LogP contribution < -0.4 is 5.32 Å². The summed E-state index contributed by atoms with van der Waals surface area (Å²) in [5, 5.41) is 7.64. The Bertz CT molecular complexity index is 619. The molecular formula is C13H15N3O3. The highest BCUT2D eigenvalue weighted by Gasteiger charge is 2.15. The van der Waals surface area contributed by atoms with E-state index in [-0.39, 0.29) is 24.8 Å². The van der Waals surface area contributed by atoms with Gasteiger partial charge in [0.1, 0.15) is 0 Å². The number of aromatic nitrogens is 2. The van der Waals surface area contributed by atoms with E-state index >= 15 is 0 Å². The van der Waals surface area contributed by atoms with Gasteiger partial charge >= 0.3 is 5.97 Å². The van der Waals surface area contributed by atoms with Crippen molar-refractivity contribution in [3.8, 4) is 0 Å². The molecule has 2 rings (SSSR count). The van der Waals surface area contributed by atoms with Gasteiger partial charge in [-0.1, -0.05) is 18.2 Å². The molecule has 0 saturated carbocycles. The third-order valence-corrected chi connectivity index (χ3v) is 2.82. The highest BCUT2D eigenvalue weighted by Crippen LogP contribution is 2.17. The quantitative estimate of drug-likeness (QED) is 0.829. The molecule has 0 aliphatic rings. The normalized spacial score (nSPS) is 10.4. The fourth-order valence-corrected chi connectivity index (χ4v) is 1.85. The van der Waals surface area contributed by atoms with E-state index in [1.54, 1.807) is 11.7 Å². The molecule has 1 aromatic carbocycles. The van der Waals surface area contributed by atoms with Crippen LogP contribution in [0.25, 0.3) is 10.9 Å². The molecule has 0 spiro atoms. The highest BCUT2D eigenvalue weighted by atomic mass is 16.5. The summed E-state index contributed by atoms with van der Waals surface area (Å²) in [4.78, 5) is 23.0. The van der Waals surface area contributed by atoms with Crippen molar-refractivity contribution in [1.29, 1.82) is 0 Å². The second kappa shape index (κ2) is 5.51. The number of fused-ring (bicyclic) bond motifs is 1. The van der Waals surface area contributed by atoms with Gasteiger partial charge in [0.05, 0.1) is 19.0 Å². The zero-order chi connectivity index (χ0) is 13.8. The van der Waals surface area contributed by atoms with Gasteiger partial charge in [0, 0.05) is 19.0 Å². The molecule has 0 unspecified atom stereocenters. The van der Waals surface area contributed by atoms with Crippen molar-refractivity contribution in [2.45, 2.75) is 6.42 Å². The molecule has 19 heavy (non-hydrogen) atoms. The molecule has 1 N–H and O–H groups in total. The molecule has 0 saturated heterocycles. The van der Waals surface area contributed by atoms with Crippen LogP contribution in [0.3, 0.4) is 0 Å². The lowest BCUT2D eigenvalue weighted by atomic mass is 10.2. The summed E-state index contributed by atoms with van der Waals surface area (Å²) in [6.07, 6.45) is 0.146. The van der Waals surface area contributed by atoms with Crippen LogP contribution in [0, 0.1) is 0 Å². The van der Waals surface area contributed by atoms with Crippen LogP contribution in [-0.2, 0) is 16.6 Å². The number of benzene rings is 1. The summed E-state index contributed by atoms with van der Waals surface area (Å²) < 4.78 is 6.16. The number of amides is 1. The fraction of sp³-hybridized carbons (Fsp3) is 0.308. The van der Waals surface area contributed by atoms with Gasteiger partial charge in [0.25, 0.3) is 5.91 Å². The first-order valence-electron chi connectivity index (χ1n) is 5.90. The fourth-order valence-electron chi connectivity index (χ4n) is 1.85. The predicted molar refractivity (Wildman–Crippen MR) is 69.7 cm³/mol. The number of carbonyl (C=O) groups is 2. The van der Waals surface area contributed by atoms with Gasteiger partial charge in [-0.05, 0) is 6.07 Å². The van der Waals surface area contributed by atoms with Crippen LogP contribution in [0.5, 0.6) is 0 Å². The largest absolute Gasteiger partial charge is 0.469 e. The Morgan fingerprint density at radius 3 is 2.84 bits per heavy atom. The van der Waals surface area contributed by atoms with Crippen molar-refractivity contribution < 1.29 is 14.3 Å². The number of nitrogens with zero attached hydrogens (tertiary/aromatic N) is 2. The predicted octanol–water partition coefficient (Wildman–Crippen LogP) is 0.866. The SMILES string of the molecule is COC(=O)CCNC(=O)c1nn(C)c2ccccc12. The maximum Gasteiger partial charge on any atom is 0.307 e. The molecule has 0 aliphatic heterocycles. The molecule has 6 heteroatoms. The number of hydrogen-bond acceptors (Lipinski definition) is 4. The summed E-state index contributed by atoms with van der Waals surface area (Å²) in [5.41, 5.74) is 1.25. The van der Waals surface area contributed by atoms with Gasteiger partial charge in [-0.15, -0.1) is 0 Å². The number of para-hydroxylation sites is 1. The minimum atomic E-state index is -0.355. The van der Waals surface area contributed by atoms with Crippen molar-refractivity contribution >= 4 is 22.8 Å². The maximum absolute atomic E-state index is 12.0. The molecule has 1 aromatic heterocycles. The molecule has 6 nitrogen and oxygen atoms in total. The lowest BCUT2D eigenvalue weighted by Gasteiger charge is -2.02. The molecule has 0 bridgehead atoms. The minimum absolute atomic E-state index is 0.146. The van der Waals surface area contributed by atoms with Crippen LogP contribution in [0.1, 0.15) is 16.9 Å². The average molecular weight is 261 g/mol. The second-order valence-corrected chi connectivity index (χ2v) is 4.07. The monoisotopic (exact) mass is 261 g/mol. The van der Waals surface area contributed by atoms with Gasteiger partial charge in [0.2, 0.25) is 0 Å². The van der Waals surface area contributed by atoms with E-state index in [4.69, 9.17) is 0 Å². The molecule has 2 aromatic rings. The molecule has 0 radical (unpaired) electrons. The molecular weight excluding hydrogens is 246 g/mol. The van der Waals surface area contributed by atoms with Gasteiger partial charge in [-0.3, -0.25) is 14.3 Å². The molecule has 0 atom stereocenters. The lowest BCUT2D eigenvalue weighted by molar-refractivity contribution is -0.140. The van der Waals surface area contributed by atoms with E-state index < -0.39 is 0 Å². The Balaban J connectivity index is 2.11. The Kier molecular flexibility index (Phi) is 3.79. The number of rotatable bonds is 4. The number of aryl methyl sites for hydroxylation is 1. The summed E-state index contributed by atoms with van der Waals surface area (Å²) >= 11 is 0. The van der Waals surface area contributed by atoms with Gasteiger partial charge in [0.15, 0.2) is 5.69 Å². The molecule has 0 aliphatic carbocycles. The zero-order valence-electron chi connectivity index (χ0n) is 10.8. The standard InChI is InChI=1S/C13H15N3O3/c1-16-10-6-4-3-5-9(10)12(15-16)13(18)14-8-7-11(17)19-2/h3-6H,7-8H2,1-2H3,(H,14,18). The Hall–Kier alpha value is -2.37. The summed E-state index contributed by atoms with van der Waals surface area (Å²) in [5.74, 6) is -0.646. The molecule has 0 fully saturated rings. The first-order chi connectivity index (χ1) is 9.13. The first-order valence-corrected chi connectivity index (χ1v) is 5.90. The van der Waals surface area contributed by atoms with Crippen molar-refractivity contribution in [2.75, 3.05) is 13.7 Å². The van der Waals surface area contributed by atoms with E-state index in [0.29, 0.717) is 5.69 Å². The number of hydrogen-bond donors (Lipinski definition) is 1. The Morgan fingerprint density at radius 2 is 2.11 bits per heavy atom. The van der Waals surface area contributed by atoms with Crippen LogP contribution in [0.15, 0.2) is 24.3 Å². The minimum Gasteiger partial charge on any atom is -0.469 e. The van der Waals surface area contributed by atoms with Crippen molar-refractivity contribution in [1.82, 2.24) is 15.1 Å². The number of ether oxygens (including phenoxy) is 1. The van der Waals surface area contributed by atoms with Crippen LogP contribution in [0.2, 0.25) is 0 Å². The van der Waals surface area contributed by atoms with Gasteiger partial charge in [-0.2, -0.15) is 5.10 Å². The van der Waals surface area contributed by atoms with E-state index in [1.165, 1.54) is 7.11 Å². The smallest absolute Gasteiger partial charge is 0.307 e. The van der Waals surface area contributed by atoms with E-state index in [9.17, 15) is 9.59 Å². The van der Waals surface area contributed by atoms with E-state index in [1.807, 2.05) is 24.3 Å². The first kappa shape index (κ1) is 13.1. The summed E-state index contributed by atoms with van der Waals surface area (Å²) in [6, 6.07) is 7.49. The van der Waals surface area contributed by atoms with Crippen LogP contribution in [-0.4, -0.2) is 35.3 Å². The summed E-state index contributed by atoms with van der Waals surface area (Å²) in [7, 11) is 3.10. The molecule has 1 heterocycles. The summed E-state index contributed by atoms with van der Waals surface area (Å²) in [6.45, 7) is 0.233. The van der Waals surface area contributed by atoms with E-state index in [2.05, 4.69) is 15.2 Å². The lowest BCUT2D eigenvalue weighted by Crippen LogP contribution is -2.27. The maximum atomic E-state index is 12.0. The van der Waals surface area contributed by atoms with Gasteiger partial charge < -0.3 is 10.1 Å². The number of carbonyl (C=O) groups excluding carboxylic acids is 2. The number of esters is 1. The van der Waals surface area contributed by atoms with E-state index in [0.717, 1.165) is 10.9 Å². The van der Waals surface area contributed by atoms with Gasteiger partial charge in [-0.25, -0.2) is 0 Å². The zero-order valence-corrected chi connectivity index (χ0v) is 10.8. The Morgan fingerprint density at radius 1 is 1.37 bits per heavy atom. The van der Waals surface area contributed by atoms with Crippen molar-refractivity contribution in [3.63, 3.8) is 0 Å². The third kappa shape index (κ3) is 2.73. The second-order valence-electron chi connectivity index (χ2n) is 4.07. The Labute approximate surface area is 110 Å². The van der Waals surface area contributed by atoms with Crippen LogP contribution >= 0.6 is 0 Å². The van der Waals surface area contributed by atoms with Crippen molar-refractivity contribution in [3.05, 3.63) is 30.0 Å².